The van der Waals surface area contributed by atoms with Gasteiger partial charge < -0.3 is 18.9 Å². The van der Waals surface area contributed by atoms with E-state index >= 15 is 0 Å². The summed E-state index contributed by atoms with van der Waals surface area (Å²) >= 11 is 0. The molecule has 28 heavy (non-hydrogen) atoms. The van der Waals surface area contributed by atoms with Crippen LogP contribution in [0.5, 0.6) is 11.5 Å². The molecule has 0 N–H and O–H groups in total. The summed E-state index contributed by atoms with van der Waals surface area (Å²) in [5.41, 5.74) is 2.77. The second-order valence-electron chi connectivity index (χ2n) is 6.86. The number of rotatable bonds is 5. The van der Waals surface area contributed by atoms with Crippen molar-refractivity contribution in [1.29, 1.82) is 0 Å². The number of benzene rings is 2. The molecule has 1 amide bonds. The number of carbonyl (C=O) groups excluding carboxylic acids is 1. The van der Waals surface area contributed by atoms with Crippen LogP contribution in [0.3, 0.4) is 0 Å². The fourth-order valence-corrected chi connectivity index (χ4v) is 3.73. The minimum Gasteiger partial charge on any atom is -0.497 e. The Kier molecular flexibility index (Phi) is 5.02. The number of carbonyl (C=O) groups is 1. The van der Waals surface area contributed by atoms with Gasteiger partial charge in [-0.05, 0) is 48.9 Å². The van der Waals surface area contributed by atoms with Crippen molar-refractivity contribution in [3.8, 4) is 17.2 Å². The van der Waals surface area contributed by atoms with E-state index in [2.05, 4.69) is 4.98 Å². The molecule has 6 heteroatoms. The van der Waals surface area contributed by atoms with Gasteiger partial charge >= 0.3 is 0 Å². The van der Waals surface area contributed by atoms with E-state index in [4.69, 9.17) is 9.47 Å². The van der Waals surface area contributed by atoms with Crippen LogP contribution in [-0.2, 0) is 0 Å². The zero-order chi connectivity index (χ0) is 19.5. The maximum absolute atomic E-state index is 13.0. The van der Waals surface area contributed by atoms with Gasteiger partial charge in [0.15, 0.2) is 0 Å². The topological polar surface area (TPSA) is 56.6 Å². The summed E-state index contributed by atoms with van der Waals surface area (Å²) in [6, 6.07) is 13.4. The molecule has 0 unspecified atom stereocenters. The van der Waals surface area contributed by atoms with Crippen LogP contribution in [-0.4, -0.2) is 47.7 Å². The quantitative estimate of drug-likeness (QED) is 0.683. The Morgan fingerprint density at radius 2 is 1.93 bits per heavy atom. The summed E-state index contributed by atoms with van der Waals surface area (Å²) in [4.78, 5) is 18.9. The summed E-state index contributed by atoms with van der Waals surface area (Å²) in [6.07, 6.45) is 6.26. The van der Waals surface area contributed by atoms with Crippen LogP contribution in [0.15, 0.2) is 61.2 Å². The molecule has 0 saturated carbocycles. The molecule has 144 valence electrons. The molecule has 2 heterocycles. The van der Waals surface area contributed by atoms with Gasteiger partial charge in [-0.3, -0.25) is 4.79 Å². The van der Waals surface area contributed by atoms with E-state index in [-0.39, 0.29) is 11.8 Å². The van der Waals surface area contributed by atoms with Gasteiger partial charge in [-0.1, -0.05) is 0 Å². The van der Waals surface area contributed by atoms with Crippen LogP contribution in [0.2, 0.25) is 0 Å². The lowest BCUT2D eigenvalue weighted by Crippen LogP contribution is -2.28. The predicted molar refractivity (Wildman–Crippen MR) is 106 cm³/mol. The highest BCUT2D eigenvalue weighted by Crippen LogP contribution is 2.36. The van der Waals surface area contributed by atoms with Crippen molar-refractivity contribution >= 4 is 5.91 Å². The van der Waals surface area contributed by atoms with Crippen LogP contribution < -0.4 is 9.47 Å². The first kappa shape index (κ1) is 18.1. The fraction of sp³-hybridized carbons (Fsp3) is 0.273. The number of aromatic nitrogens is 2. The maximum Gasteiger partial charge on any atom is 0.253 e. The number of amides is 1. The highest BCUT2D eigenvalue weighted by molar-refractivity contribution is 5.94. The molecule has 0 bridgehead atoms. The normalized spacial score (nSPS) is 16.2. The standard InChI is InChI=1S/C22H23N3O3/c1-27-19-7-8-21(28-2)20(13-19)17-9-11-24(14-17)22(26)16-3-5-18(6-4-16)25-12-10-23-15-25/h3-8,10,12-13,15,17H,9,11,14H2,1-2H3/t17-/m1/s1. The third-order valence-electron chi connectivity index (χ3n) is 5.27. The van der Waals surface area contributed by atoms with Gasteiger partial charge in [-0.2, -0.15) is 0 Å². The average Bonchev–Trinajstić information content (AvgIpc) is 3.45. The zero-order valence-corrected chi connectivity index (χ0v) is 16.0. The number of imidazole rings is 1. The molecule has 1 atom stereocenters. The van der Waals surface area contributed by atoms with Crippen molar-refractivity contribution in [2.45, 2.75) is 12.3 Å². The monoisotopic (exact) mass is 377 g/mol. The number of methoxy groups -OCH3 is 2. The minimum atomic E-state index is 0.0570. The van der Waals surface area contributed by atoms with Gasteiger partial charge in [0.05, 0.1) is 20.5 Å². The van der Waals surface area contributed by atoms with Crippen molar-refractivity contribution in [3.05, 3.63) is 72.3 Å². The average molecular weight is 377 g/mol. The summed E-state index contributed by atoms with van der Waals surface area (Å²) in [5, 5.41) is 0. The van der Waals surface area contributed by atoms with Crippen molar-refractivity contribution in [2.75, 3.05) is 27.3 Å². The molecule has 1 aliphatic rings. The van der Waals surface area contributed by atoms with Crippen LogP contribution in [0, 0.1) is 0 Å². The summed E-state index contributed by atoms with van der Waals surface area (Å²) < 4.78 is 12.8. The van der Waals surface area contributed by atoms with Crippen LogP contribution in [0.1, 0.15) is 28.3 Å². The van der Waals surface area contributed by atoms with Gasteiger partial charge in [0.1, 0.15) is 11.5 Å². The van der Waals surface area contributed by atoms with E-state index in [1.54, 1.807) is 26.7 Å². The first-order chi connectivity index (χ1) is 13.7. The Balaban J connectivity index is 1.49. The van der Waals surface area contributed by atoms with Gasteiger partial charge in [-0.15, -0.1) is 0 Å². The molecule has 2 aromatic carbocycles. The van der Waals surface area contributed by atoms with Crippen molar-refractivity contribution in [3.63, 3.8) is 0 Å². The first-order valence-corrected chi connectivity index (χ1v) is 9.29. The van der Waals surface area contributed by atoms with E-state index in [1.165, 1.54) is 0 Å². The molecule has 0 aliphatic carbocycles. The molecule has 1 aromatic heterocycles. The van der Waals surface area contributed by atoms with Crippen LogP contribution in [0.4, 0.5) is 0 Å². The number of nitrogens with zero attached hydrogens (tertiary/aromatic N) is 3. The second-order valence-corrected chi connectivity index (χ2v) is 6.86. The fourth-order valence-electron chi connectivity index (χ4n) is 3.73. The maximum atomic E-state index is 13.0. The van der Waals surface area contributed by atoms with E-state index in [0.717, 1.165) is 35.7 Å². The second kappa shape index (κ2) is 7.76. The molecule has 1 aliphatic heterocycles. The minimum absolute atomic E-state index is 0.0570. The summed E-state index contributed by atoms with van der Waals surface area (Å²) in [7, 11) is 3.33. The predicted octanol–water partition coefficient (Wildman–Crippen LogP) is 3.52. The lowest BCUT2D eigenvalue weighted by Gasteiger charge is -2.19. The molecule has 0 spiro atoms. The SMILES string of the molecule is COc1ccc(OC)c([C@@H]2CCN(C(=O)c3ccc(-n4ccnc4)cc3)C2)c1. The Bertz CT molecular complexity index is 952. The third-order valence-corrected chi connectivity index (χ3v) is 5.27. The highest BCUT2D eigenvalue weighted by Gasteiger charge is 2.30. The van der Waals surface area contributed by atoms with Gasteiger partial charge in [0.25, 0.3) is 5.91 Å². The Labute approximate surface area is 164 Å². The highest BCUT2D eigenvalue weighted by atomic mass is 16.5. The lowest BCUT2D eigenvalue weighted by molar-refractivity contribution is 0.0790. The Morgan fingerprint density at radius 1 is 1.11 bits per heavy atom. The van der Waals surface area contributed by atoms with E-state index in [0.29, 0.717) is 12.1 Å². The molecule has 0 radical (unpaired) electrons. The van der Waals surface area contributed by atoms with Crippen LogP contribution in [0.25, 0.3) is 5.69 Å². The summed E-state index contributed by atoms with van der Waals surface area (Å²) in [5.74, 6) is 1.93. The molecule has 1 fully saturated rings. The molecule has 3 aromatic rings. The van der Waals surface area contributed by atoms with E-state index in [1.807, 2.05) is 58.1 Å². The van der Waals surface area contributed by atoms with Gasteiger partial charge in [0.2, 0.25) is 0 Å². The van der Waals surface area contributed by atoms with E-state index in [9.17, 15) is 4.79 Å². The molecule has 1 saturated heterocycles. The number of hydrogen-bond donors (Lipinski definition) is 0. The third kappa shape index (κ3) is 3.45. The van der Waals surface area contributed by atoms with Crippen molar-refractivity contribution in [1.82, 2.24) is 14.5 Å². The Morgan fingerprint density at radius 3 is 2.61 bits per heavy atom. The first-order valence-electron chi connectivity index (χ1n) is 9.29. The lowest BCUT2D eigenvalue weighted by atomic mass is 9.97. The Hall–Kier alpha value is -3.28. The summed E-state index contributed by atoms with van der Waals surface area (Å²) in [6.45, 7) is 1.40. The molecular formula is C22H23N3O3. The number of hydrogen-bond acceptors (Lipinski definition) is 4. The largest absolute Gasteiger partial charge is 0.497 e. The zero-order valence-electron chi connectivity index (χ0n) is 16.0. The molecule has 4 rings (SSSR count). The molecule has 6 nitrogen and oxygen atoms in total. The number of ether oxygens (including phenoxy) is 2. The number of likely N-dealkylation sites (tertiary alicyclic amines) is 1. The van der Waals surface area contributed by atoms with Crippen molar-refractivity contribution < 1.29 is 14.3 Å². The smallest absolute Gasteiger partial charge is 0.253 e. The molecular weight excluding hydrogens is 354 g/mol. The van der Waals surface area contributed by atoms with Gasteiger partial charge in [0, 0.05) is 48.2 Å². The van der Waals surface area contributed by atoms with Crippen LogP contribution >= 0.6 is 0 Å². The van der Waals surface area contributed by atoms with Crippen molar-refractivity contribution in [2.24, 2.45) is 0 Å². The van der Waals surface area contributed by atoms with Gasteiger partial charge in [-0.25, -0.2) is 4.98 Å². The van der Waals surface area contributed by atoms with E-state index < -0.39 is 0 Å².